The average Bonchev–Trinajstić information content (AvgIpc) is 1.64. The van der Waals surface area contributed by atoms with E-state index in [1.807, 2.05) is 74.4 Å². The second kappa shape index (κ2) is 47.1. The molecule has 0 bridgehead atoms. The van der Waals surface area contributed by atoms with Gasteiger partial charge in [-0.25, -0.2) is 9.18 Å². The van der Waals surface area contributed by atoms with Crippen molar-refractivity contribution in [2.75, 3.05) is 81.5 Å². The number of esters is 1. The summed E-state index contributed by atoms with van der Waals surface area (Å²) >= 11 is 1.45. The van der Waals surface area contributed by atoms with Crippen molar-refractivity contribution < 1.29 is 95.2 Å². The van der Waals surface area contributed by atoms with Gasteiger partial charge in [0.2, 0.25) is 47.3 Å². The van der Waals surface area contributed by atoms with Crippen molar-refractivity contribution in [2.45, 2.75) is 245 Å². The number of nitrogens with two attached hydrogens (primary N) is 1. The van der Waals surface area contributed by atoms with Crippen molar-refractivity contribution in [3.63, 3.8) is 0 Å². The van der Waals surface area contributed by atoms with Crippen LogP contribution in [-0.2, 0) is 89.5 Å². The van der Waals surface area contributed by atoms with Gasteiger partial charge in [0.15, 0.2) is 28.9 Å². The molecule has 0 radical (unpaired) electrons. The number of likely N-dealkylation sites (tertiary alicyclic amines) is 2. The van der Waals surface area contributed by atoms with Gasteiger partial charge in [-0.2, -0.15) is 0 Å². The van der Waals surface area contributed by atoms with Crippen LogP contribution in [0.5, 0.6) is 5.75 Å². The Kier molecular flexibility index (Phi) is 39.8. The fraction of sp³-hybridized carbons (Fsp3) is 0.690. The summed E-state index contributed by atoms with van der Waals surface area (Å²) in [5, 5.41) is 10.4. The van der Waals surface area contributed by atoms with E-state index >= 15 is 4.79 Å². The molecule has 9 amide bonds. The lowest BCUT2D eigenvalue weighted by atomic mass is 9.83. The van der Waals surface area contributed by atoms with Gasteiger partial charge in [0, 0.05) is 122 Å². The van der Waals surface area contributed by atoms with Gasteiger partial charge in [0.05, 0.1) is 74.2 Å². The standard InChI is InChI=1S/C84H128FN9O19S/c1-17-53(8)77(92(13)81(106)61(51(4)5)42-66(97)76(52(6)7)91(11)12)69(110-15)43-73(101)94-47-59(41-64(94)78(111-16)54(9)79(104)89-46-67(98)57-32-33-68(109-14)62(85)39-57)113-83(108)88-36-23-27-75(103)112-48-56-30-28-55(29-31-56)38-65(96)63(25-20-21-26-71(86)99)90-80(105)60(50(2)3)40-58(95)24-19-18-22-37-93-74(102)44-70(82(93)107)114-49-84(34-35-84)45-72(100)87-10/h28-33,39,50-54,59-61,63-64,69-70,76-78H,17-27,34-38,40-49H2,1-16H3,(H2,86,99)(H,87,100)(H,88,108)(H,89,104)(H,90,105)/t53-,54+,59-,60-,61-,63-,64-,69+,70?,76-,77-,78+/m0/s1. The number of ether oxygens (including phenoxy) is 5. The Labute approximate surface area is 676 Å². The molecule has 6 N–H and O–H groups in total. The molecule has 2 saturated heterocycles. The number of amides is 9. The average molecular weight is 1620 g/mol. The van der Waals surface area contributed by atoms with E-state index in [9.17, 15) is 66.7 Å². The number of methoxy groups -OCH3 is 3. The van der Waals surface area contributed by atoms with E-state index in [4.69, 9.17) is 29.4 Å². The summed E-state index contributed by atoms with van der Waals surface area (Å²) in [5.74, 6) is -7.71. The van der Waals surface area contributed by atoms with Gasteiger partial charge in [-0.3, -0.25) is 72.1 Å². The summed E-state index contributed by atoms with van der Waals surface area (Å²) in [5.41, 5.74) is 6.50. The molecule has 636 valence electrons. The molecule has 3 fully saturated rings. The molecule has 5 rings (SSSR count). The molecule has 1 aliphatic carbocycles. The normalized spacial score (nSPS) is 18.3. The highest BCUT2D eigenvalue weighted by Crippen LogP contribution is 2.52. The van der Waals surface area contributed by atoms with Crippen LogP contribution in [0, 0.1) is 52.7 Å². The SMILES string of the molecule is CC[C@H](C)[C@@H]([C@@H](CC(=O)N1C[C@@H](OC(=O)NCCCC(=O)OCc2ccc(CC(=O)[C@H](CCCCC(N)=O)NC(=O)[C@@H](CC(=O)CCCCCN3C(=O)CC(SCC4(CC(=O)NC)CC4)C3=O)C(C)C)cc2)C[C@H]1[C@H](OC)[C@@H](C)C(=O)NCC(=O)c1ccc(OC)c(F)c1)OC)N(C)C(=O)[C@@H](CC(=O)[C@H](C(C)C)N(C)C)C(C)C. The lowest BCUT2D eigenvalue weighted by Crippen LogP contribution is -2.54. The predicted octanol–water partition coefficient (Wildman–Crippen LogP) is 8.31. The number of thioether (sulfide) groups is 1. The number of likely N-dealkylation sites (N-methyl/N-ethyl adjacent to an activating group) is 2. The van der Waals surface area contributed by atoms with Gasteiger partial charge in [-0.15, -0.1) is 11.8 Å². The van der Waals surface area contributed by atoms with E-state index < -0.39 is 119 Å². The second-order valence-corrected chi connectivity index (χ2v) is 33.6. The molecule has 12 atom stereocenters. The minimum atomic E-state index is -1.04. The van der Waals surface area contributed by atoms with Crippen LogP contribution in [0.3, 0.4) is 0 Å². The first kappa shape index (κ1) is 96.4. The number of hydrogen-bond acceptors (Lipinski definition) is 21. The summed E-state index contributed by atoms with van der Waals surface area (Å²) in [6.45, 7) is 16.4. The van der Waals surface area contributed by atoms with E-state index in [-0.39, 0.29) is 178 Å². The van der Waals surface area contributed by atoms with Crippen molar-refractivity contribution in [1.29, 1.82) is 0 Å². The molecule has 1 saturated carbocycles. The number of carbonyl (C=O) groups excluding carboxylic acids is 14. The van der Waals surface area contributed by atoms with Crippen LogP contribution >= 0.6 is 11.8 Å². The van der Waals surface area contributed by atoms with Crippen molar-refractivity contribution in [3.8, 4) is 5.75 Å². The molecule has 1 unspecified atom stereocenters. The zero-order chi connectivity index (χ0) is 84.8. The zero-order valence-corrected chi connectivity index (χ0v) is 70.8. The highest BCUT2D eigenvalue weighted by Gasteiger charge is 2.49. The molecular formula is C84H128FN9O19S. The summed E-state index contributed by atoms with van der Waals surface area (Å²) in [4.78, 5) is 195. The van der Waals surface area contributed by atoms with E-state index in [1.165, 1.54) is 55.0 Å². The first-order valence-electron chi connectivity index (χ1n) is 40.4. The van der Waals surface area contributed by atoms with Gasteiger partial charge in [-0.05, 0) is 117 Å². The number of carbonyl (C=O) groups is 14. The second-order valence-electron chi connectivity index (χ2n) is 32.4. The number of benzene rings is 2. The monoisotopic (exact) mass is 1620 g/mol. The predicted molar refractivity (Wildman–Crippen MR) is 428 cm³/mol. The Morgan fingerprint density at radius 3 is 2.00 bits per heavy atom. The minimum Gasteiger partial charge on any atom is -0.494 e. The van der Waals surface area contributed by atoms with Crippen molar-refractivity contribution in [3.05, 3.63) is 65.0 Å². The van der Waals surface area contributed by atoms with Gasteiger partial charge in [-0.1, -0.05) is 106 Å². The number of rotatable bonds is 53. The molecular weight excluding hydrogens is 1490 g/mol. The van der Waals surface area contributed by atoms with Crippen LogP contribution in [0.1, 0.15) is 206 Å². The largest absolute Gasteiger partial charge is 0.494 e. The van der Waals surface area contributed by atoms with Crippen molar-refractivity contribution >= 4 is 94.2 Å². The Hall–Kier alpha value is -8.22. The smallest absolute Gasteiger partial charge is 0.407 e. The Balaban J connectivity index is 1.16. The third kappa shape index (κ3) is 29.5. The summed E-state index contributed by atoms with van der Waals surface area (Å²) < 4.78 is 43.2. The van der Waals surface area contributed by atoms with Crippen LogP contribution in [-0.4, -0.2) is 231 Å². The molecule has 28 nitrogen and oxygen atoms in total. The molecule has 30 heteroatoms. The lowest BCUT2D eigenvalue weighted by molar-refractivity contribution is -0.149. The Morgan fingerprint density at radius 2 is 1.41 bits per heavy atom. The number of nitrogens with one attached hydrogen (secondary N) is 4. The Bertz CT molecular complexity index is 3600. The zero-order valence-electron chi connectivity index (χ0n) is 70.0. The number of halogens is 1. The summed E-state index contributed by atoms with van der Waals surface area (Å²) in [6.07, 6.45) is 1.81. The highest BCUT2D eigenvalue weighted by molar-refractivity contribution is 8.00. The molecule has 0 spiro atoms. The maximum absolute atomic E-state index is 15.0. The molecule has 2 aromatic carbocycles. The Morgan fingerprint density at radius 1 is 0.746 bits per heavy atom. The summed E-state index contributed by atoms with van der Waals surface area (Å²) in [7, 11) is 11.0. The quantitative estimate of drug-likeness (QED) is 0.0180. The number of imide groups is 1. The number of unbranched alkanes of at least 4 members (excludes halogenated alkanes) is 3. The molecule has 2 aromatic rings. The van der Waals surface area contributed by atoms with Crippen molar-refractivity contribution in [1.82, 2.24) is 40.9 Å². The fourth-order valence-electron chi connectivity index (χ4n) is 15.3. The molecule has 0 aromatic heterocycles. The molecule has 2 heterocycles. The first-order valence-corrected chi connectivity index (χ1v) is 41.4. The van der Waals surface area contributed by atoms with E-state index in [1.54, 1.807) is 50.2 Å². The van der Waals surface area contributed by atoms with Crippen molar-refractivity contribution in [2.24, 2.45) is 52.6 Å². The number of alkyl carbamates (subject to hydrolysis) is 1. The van der Waals surface area contributed by atoms with Gasteiger partial charge < -0.3 is 60.5 Å². The van der Waals surface area contributed by atoms with E-state index in [0.717, 1.165) is 18.9 Å². The number of primary amides is 1. The first-order chi connectivity index (χ1) is 53.9. The molecule has 3 aliphatic rings. The van der Waals surface area contributed by atoms with Crippen LogP contribution in [0.4, 0.5) is 9.18 Å². The topological polar surface area (TPSA) is 372 Å². The third-order valence-corrected chi connectivity index (χ3v) is 24.0. The van der Waals surface area contributed by atoms with Gasteiger partial charge in [0.25, 0.3) is 0 Å². The number of Topliss-reactive ketones (excluding diaryl/α,β-unsaturated/α-hetero) is 4. The highest BCUT2D eigenvalue weighted by atomic mass is 32.2. The number of hydrogen-bond donors (Lipinski definition) is 5. The maximum Gasteiger partial charge on any atom is 0.407 e. The van der Waals surface area contributed by atoms with Crippen LogP contribution in [0.25, 0.3) is 0 Å². The maximum atomic E-state index is 15.0. The lowest BCUT2D eigenvalue weighted by Gasteiger charge is -2.41. The van der Waals surface area contributed by atoms with Gasteiger partial charge in [0.1, 0.15) is 18.5 Å². The molecule has 2 aliphatic heterocycles. The van der Waals surface area contributed by atoms with E-state index in [2.05, 4.69) is 21.3 Å². The number of ketones is 4. The minimum absolute atomic E-state index is 0.000211. The molecule has 114 heavy (non-hydrogen) atoms. The fourth-order valence-corrected chi connectivity index (χ4v) is 16.8. The third-order valence-electron chi connectivity index (χ3n) is 22.5. The van der Waals surface area contributed by atoms with Crippen LogP contribution in [0.2, 0.25) is 0 Å². The van der Waals surface area contributed by atoms with Crippen LogP contribution in [0.15, 0.2) is 42.5 Å². The van der Waals surface area contributed by atoms with Gasteiger partial charge >= 0.3 is 12.1 Å². The van der Waals surface area contributed by atoms with E-state index in [0.29, 0.717) is 61.8 Å². The number of nitrogens with zero attached hydrogens (tertiary/aromatic N) is 4. The summed E-state index contributed by atoms with van der Waals surface area (Å²) in [6, 6.07) is 7.59. The van der Waals surface area contributed by atoms with Crippen LogP contribution < -0.4 is 31.7 Å².